The van der Waals surface area contributed by atoms with Gasteiger partial charge < -0.3 is 10.1 Å². The largest absolute Gasteiger partial charge is 0.465 e. The number of benzene rings is 3. The first-order valence-corrected chi connectivity index (χ1v) is 14.3. The fourth-order valence-electron chi connectivity index (χ4n) is 5.00. The number of nitrogens with zero attached hydrogens (tertiary/aromatic N) is 3. The van der Waals surface area contributed by atoms with Crippen LogP contribution in [-0.2, 0) is 16.1 Å². The van der Waals surface area contributed by atoms with Gasteiger partial charge in [-0.05, 0) is 67.0 Å². The Morgan fingerprint density at radius 3 is 2.50 bits per heavy atom. The average Bonchev–Trinajstić information content (AvgIpc) is 3.34. The van der Waals surface area contributed by atoms with Crippen molar-refractivity contribution in [2.24, 2.45) is 0 Å². The van der Waals surface area contributed by atoms with E-state index in [1.165, 1.54) is 12.1 Å². The molecule has 0 spiro atoms. The van der Waals surface area contributed by atoms with Crippen molar-refractivity contribution >= 4 is 46.7 Å². The molecular weight excluding hydrogens is 578 g/mol. The number of carbonyl (C=O) groups is 2. The van der Waals surface area contributed by atoms with Crippen molar-refractivity contribution in [1.82, 2.24) is 20.0 Å². The second-order valence-corrected chi connectivity index (χ2v) is 10.8. The lowest BCUT2D eigenvalue weighted by Crippen LogP contribution is -2.36. The summed E-state index contributed by atoms with van der Waals surface area (Å²) in [5, 5.41) is 8.66. The third-order valence-electron chi connectivity index (χ3n) is 6.93. The van der Waals surface area contributed by atoms with Gasteiger partial charge in [0.15, 0.2) is 5.69 Å². The number of fused-ring (bicyclic) bond motifs is 1. The van der Waals surface area contributed by atoms with Crippen molar-refractivity contribution in [3.8, 4) is 5.69 Å². The zero-order valence-corrected chi connectivity index (χ0v) is 24.6. The molecule has 7 nitrogen and oxygen atoms in total. The highest BCUT2D eigenvalue weighted by molar-refractivity contribution is 6.35. The standard InChI is InChI=1S/C32H29Cl2FN4O3/c1-3-42-29(40)19-38-17-23(15-21-9-12-25(35)13-10-21)31-26(18-38)30(32(41)36-20(2)22-7-5-4-6-8-22)37-39(31)28-14-11-24(33)16-27(28)34/h4-16,20H,3,17-19H2,1-2H3,(H,36,41)/t20-/m1/s1. The van der Waals surface area contributed by atoms with Gasteiger partial charge in [-0.3, -0.25) is 14.5 Å². The number of amides is 1. The van der Waals surface area contributed by atoms with E-state index in [2.05, 4.69) is 5.32 Å². The molecule has 42 heavy (non-hydrogen) atoms. The summed E-state index contributed by atoms with van der Waals surface area (Å²) in [5.74, 6) is -1.10. The predicted octanol–water partition coefficient (Wildman–Crippen LogP) is 6.73. The van der Waals surface area contributed by atoms with Crippen molar-refractivity contribution in [3.05, 3.63) is 117 Å². The molecule has 0 unspecified atom stereocenters. The monoisotopic (exact) mass is 606 g/mol. The minimum absolute atomic E-state index is 0.0163. The van der Waals surface area contributed by atoms with Gasteiger partial charge in [-0.15, -0.1) is 0 Å². The zero-order valence-electron chi connectivity index (χ0n) is 23.1. The molecule has 1 atom stereocenters. The van der Waals surface area contributed by atoms with E-state index in [1.54, 1.807) is 41.9 Å². The second kappa shape index (κ2) is 12.9. The van der Waals surface area contributed by atoms with Gasteiger partial charge in [0.25, 0.3) is 5.91 Å². The summed E-state index contributed by atoms with van der Waals surface area (Å²) in [4.78, 5) is 28.2. The van der Waals surface area contributed by atoms with Crippen LogP contribution in [0, 0.1) is 5.82 Å². The SMILES string of the molecule is CCOC(=O)CN1CC(=Cc2ccc(F)cc2)c2c(c(C(=O)N[C@H](C)c3ccccc3)nn2-c2ccc(Cl)cc2Cl)C1. The highest BCUT2D eigenvalue weighted by Gasteiger charge is 2.33. The number of halogens is 3. The zero-order chi connectivity index (χ0) is 29.8. The number of hydrogen-bond donors (Lipinski definition) is 1. The summed E-state index contributed by atoms with van der Waals surface area (Å²) in [6.07, 6.45) is 1.89. The number of carbonyl (C=O) groups excluding carboxylic acids is 2. The molecule has 4 aromatic rings. The van der Waals surface area contributed by atoms with Crippen molar-refractivity contribution < 1.29 is 18.7 Å². The number of rotatable bonds is 8. The summed E-state index contributed by atoms with van der Waals surface area (Å²) in [6.45, 7) is 4.54. The van der Waals surface area contributed by atoms with Crippen LogP contribution in [0.2, 0.25) is 10.0 Å². The van der Waals surface area contributed by atoms with Gasteiger partial charge in [0, 0.05) is 23.7 Å². The molecule has 5 rings (SSSR count). The van der Waals surface area contributed by atoms with Crippen LogP contribution in [0.15, 0.2) is 72.8 Å². The first-order chi connectivity index (χ1) is 20.2. The quantitative estimate of drug-likeness (QED) is 0.225. The fraction of sp³-hybridized carbons (Fsp3) is 0.219. The molecule has 1 aliphatic rings. The average molecular weight is 608 g/mol. The van der Waals surface area contributed by atoms with E-state index < -0.39 is 0 Å². The van der Waals surface area contributed by atoms with Crippen molar-refractivity contribution in [2.45, 2.75) is 26.4 Å². The molecule has 1 amide bonds. The van der Waals surface area contributed by atoms with E-state index in [4.69, 9.17) is 33.0 Å². The number of hydrogen-bond acceptors (Lipinski definition) is 5. The molecule has 0 saturated heterocycles. The lowest BCUT2D eigenvalue weighted by molar-refractivity contribution is -0.144. The molecule has 0 saturated carbocycles. The van der Waals surface area contributed by atoms with E-state index in [9.17, 15) is 14.0 Å². The Kier molecular flexibility index (Phi) is 9.06. The molecule has 1 aromatic heterocycles. The Bertz CT molecular complexity index is 1640. The Balaban J connectivity index is 1.65. The molecule has 1 aliphatic heterocycles. The smallest absolute Gasteiger partial charge is 0.320 e. The summed E-state index contributed by atoms with van der Waals surface area (Å²) < 4.78 is 20.6. The van der Waals surface area contributed by atoms with Crippen molar-refractivity contribution in [3.63, 3.8) is 0 Å². The minimum atomic E-state index is -0.376. The molecule has 216 valence electrons. The van der Waals surface area contributed by atoms with Crippen LogP contribution >= 0.6 is 23.2 Å². The molecule has 0 radical (unpaired) electrons. The topological polar surface area (TPSA) is 76.5 Å². The molecule has 0 aliphatic carbocycles. The van der Waals surface area contributed by atoms with Gasteiger partial charge in [-0.2, -0.15) is 5.10 Å². The molecule has 1 N–H and O–H groups in total. The molecule has 3 aromatic carbocycles. The maximum atomic E-state index is 13.8. The lowest BCUT2D eigenvalue weighted by atomic mass is 9.97. The normalized spacial score (nSPS) is 14.8. The van der Waals surface area contributed by atoms with E-state index in [1.807, 2.05) is 48.2 Å². The van der Waals surface area contributed by atoms with Crippen LogP contribution < -0.4 is 5.32 Å². The lowest BCUT2D eigenvalue weighted by Gasteiger charge is -2.29. The third-order valence-corrected chi connectivity index (χ3v) is 7.47. The Morgan fingerprint density at radius 2 is 1.81 bits per heavy atom. The second-order valence-electron chi connectivity index (χ2n) is 9.96. The van der Waals surface area contributed by atoms with Crippen LogP contribution in [0.25, 0.3) is 17.3 Å². The number of esters is 1. The predicted molar refractivity (Wildman–Crippen MR) is 162 cm³/mol. The fourth-order valence-corrected chi connectivity index (χ4v) is 5.49. The van der Waals surface area contributed by atoms with Crippen LogP contribution in [0.1, 0.15) is 52.8 Å². The first-order valence-electron chi connectivity index (χ1n) is 13.5. The van der Waals surface area contributed by atoms with Crippen LogP contribution in [0.3, 0.4) is 0 Å². The van der Waals surface area contributed by atoms with E-state index in [0.717, 1.165) is 16.7 Å². The number of ether oxygens (including phenoxy) is 1. The van der Waals surface area contributed by atoms with Crippen LogP contribution in [0.4, 0.5) is 4.39 Å². The van der Waals surface area contributed by atoms with Crippen molar-refractivity contribution in [1.29, 1.82) is 0 Å². The Morgan fingerprint density at radius 1 is 1.07 bits per heavy atom. The third kappa shape index (κ3) is 6.57. The first kappa shape index (κ1) is 29.5. The van der Waals surface area contributed by atoms with Crippen molar-refractivity contribution in [2.75, 3.05) is 19.7 Å². The number of nitrogens with one attached hydrogen (secondary N) is 1. The van der Waals surface area contributed by atoms with Crippen LogP contribution in [0.5, 0.6) is 0 Å². The van der Waals surface area contributed by atoms with Gasteiger partial charge in [-0.1, -0.05) is 65.7 Å². The highest BCUT2D eigenvalue weighted by atomic mass is 35.5. The molecule has 10 heteroatoms. The number of aromatic nitrogens is 2. The molecule has 0 bridgehead atoms. The van der Waals surface area contributed by atoms with E-state index in [0.29, 0.717) is 33.5 Å². The van der Waals surface area contributed by atoms with Gasteiger partial charge in [0.2, 0.25) is 0 Å². The Hall–Kier alpha value is -3.98. The van der Waals surface area contributed by atoms with E-state index in [-0.39, 0.29) is 49.1 Å². The highest BCUT2D eigenvalue weighted by Crippen LogP contribution is 2.36. The van der Waals surface area contributed by atoms with Gasteiger partial charge in [-0.25, -0.2) is 9.07 Å². The molecule has 0 fully saturated rings. The maximum absolute atomic E-state index is 13.8. The summed E-state index contributed by atoms with van der Waals surface area (Å²) in [5.41, 5.74) is 4.49. The van der Waals surface area contributed by atoms with Gasteiger partial charge >= 0.3 is 5.97 Å². The molecule has 2 heterocycles. The Labute approximate surface area is 253 Å². The summed E-state index contributed by atoms with van der Waals surface area (Å²) in [7, 11) is 0. The van der Waals surface area contributed by atoms with Gasteiger partial charge in [0.05, 0.1) is 35.6 Å². The van der Waals surface area contributed by atoms with Crippen LogP contribution in [-0.4, -0.2) is 46.3 Å². The van der Waals surface area contributed by atoms with E-state index >= 15 is 0 Å². The van der Waals surface area contributed by atoms with Gasteiger partial charge in [0.1, 0.15) is 5.82 Å². The maximum Gasteiger partial charge on any atom is 0.320 e. The molecular formula is C32H29Cl2FN4O3. The summed E-state index contributed by atoms with van der Waals surface area (Å²) in [6, 6.07) is 20.5. The summed E-state index contributed by atoms with van der Waals surface area (Å²) >= 11 is 12.8. The minimum Gasteiger partial charge on any atom is -0.465 e.